The first-order chi connectivity index (χ1) is 9.74. The lowest BCUT2D eigenvalue weighted by atomic mass is 10.0. The van der Waals surface area contributed by atoms with Crippen molar-refractivity contribution < 1.29 is 9.90 Å². The van der Waals surface area contributed by atoms with Crippen LogP contribution in [0.2, 0.25) is 0 Å². The van der Waals surface area contributed by atoms with E-state index in [0.717, 1.165) is 31.7 Å². The lowest BCUT2D eigenvalue weighted by Crippen LogP contribution is -2.50. The highest BCUT2D eigenvalue weighted by atomic mass is 16.3. The number of aliphatic hydroxyl groups excluding tert-OH is 1. The van der Waals surface area contributed by atoms with Crippen molar-refractivity contribution in [1.82, 2.24) is 15.1 Å². The zero-order valence-corrected chi connectivity index (χ0v) is 12.0. The van der Waals surface area contributed by atoms with Gasteiger partial charge in [-0.3, -0.25) is 9.69 Å². The van der Waals surface area contributed by atoms with E-state index >= 15 is 0 Å². The zero-order valence-electron chi connectivity index (χ0n) is 12.0. The minimum atomic E-state index is -0.318. The van der Waals surface area contributed by atoms with Crippen LogP contribution < -0.4 is 5.32 Å². The molecule has 1 aliphatic heterocycles. The molecule has 1 aromatic carbocycles. The third-order valence-corrected chi connectivity index (χ3v) is 3.67. The highest BCUT2D eigenvalue weighted by Crippen LogP contribution is 2.22. The number of hydrogen-bond donors (Lipinski definition) is 2. The summed E-state index contributed by atoms with van der Waals surface area (Å²) in [5.41, 5.74) is 0.979. The molecule has 5 nitrogen and oxygen atoms in total. The number of piperazine rings is 1. The van der Waals surface area contributed by atoms with Gasteiger partial charge in [0.2, 0.25) is 5.91 Å². The molecule has 1 aliphatic rings. The molecule has 0 aromatic heterocycles. The van der Waals surface area contributed by atoms with Gasteiger partial charge in [0, 0.05) is 32.7 Å². The van der Waals surface area contributed by atoms with Crippen LogP contribution in [0.4, 0.5) is 0 Å². The van der Waals surface area contributed by atoms with Gasteiger partial charge in [0.15, 0.2) is 0 Å². The first-order valence-electron chi connectivity index (χ1n) is 7.09. The van der Waals surface area contributed by atoms with E-state index in [4.69, 9.17) is 5.11 Å². The Balaban J connectivity index is 2.19. The summed E-state index contributed by atoms with van der Waals surface area (Å²) in [6, 6.07) is 9.46. The number of rotatable bonds is 5. The average molecular weight is 277 g/mol. The molecule has 1 atom stereocenters. The standard InChI is InChI=1S/C15H23N3O2/c1-17(11-12-19)14(13-5-3-2-4-6-13)15(20)18-9-7-16-8-10-18/h2-6,14,16,19H,7-12H2,1H3. The van der Waals surface area contributed by atoms with Crippen LogP contribution >= 0.6 is 0 Å². The number of amides is 1. The molecule has 0 saturated carbocycles. The summed E-state index contributed by atoms with van der Waals surface area (Å²) in [5, 5.41) is 12.4. The molecule has 1 amide bonds. The average Bonchev–Trinajstić information content (AvgIpc) is 2.50. The maximum Gasteiger partial charge on any atom is 0.244 e. The van der Waals surface area contributed by atoms with Crippen molar-refractivity contribution in [3.63, 3.8) is 0 Å². The van der Waals surface area contributed by atoms with E-state index in [9.17, 15) is 4.79 Å². The third-order valence-electron chi connectivity index (χ3n) is 3.67. The Bertz CT molecular complexity index is 418. The lowest BCUT2D eigenvalue weighted by molar-refractivity contribution is -0.137. The molecule has 5 heteroatoms. The Morgan fingerprint density at radius 3 is 2.60 bits per heavy atom. The van der Waals surface area contributed by atoms with E-state index in [0.29, 0.717) is 6.54 Å². The predicted molar refractivity (Wildman–Crippen MR) is 78.3 cm³/mol. The van der Waals surface area contributed by atoms with Crippen LogP contribution in [0.1, 0.15) is 11.6 Å². The van der Waals surface area contributed by atoms with Crippen molar-refractivity contribution in [3.05, 3.63) is 35.9 Å². The Kier molecular flexibility index (Phi) is 5.52. The minimum absolute atomic E-state index is 0.0503. The molecule has 110 valence electrons. The summed E-state index contributed by atoms with van der Waals surface area (Å²) in [6.45, 7) is 3.71. The SMILES string of the molecule is CN(CCO)C(C(=O)N1CCNCC1)c1ccccc1. The quantitative estimate of drug-likeness (QED) is 0.800. The van der Waals surface area contributed by atoms with Crippen LogP contribution in [-0.2, 0) is 4.79 Å². The first kappa shape index (κ1) is 15.0. The molecule has 0 bridgehead atoms. The Hall–Kier alpha value is -1.43. The van der Waals surface area contributed by atoms with Crippen LogP contribution in [0.5, 0.6) is 0 Å². The van der Waals surface area contributed by atoms with Crippen LogP contribution in [0, 0.1) is 0 Å². The maximum atomic E-state index is 12.8. The molecule has 0 aliphatic carbocycles. The Labute approximate surface area is 120 Å². The van der Waals surface area contributed by atoms with Gasteiger partial charge in [0.25, 0.3) is 0 Å². The number of hydrogen-bond acceptors (Lipinski definition) is 4. The van der Waals surface area contributed by atoms with Gasteiger partial charge in [-0.1, -0.05) is 30.3 Å². The number of benzene rings is 1. The van der Waals surface area contributed by atoms with Gasteiger partial charge in [-0.15, -0.1) is 0 Å². The van der Waals surface area contributed by atoms with Crippen molar-refractivity contribution in [2.45, 2.75) is 6.04 Å². The number of carbonyl (C=O) groups excluding carboxylic acids is 1. The van der Waals surface area contributed by atoms with Crippen LogP contribution in [0.25, 0.3) is 0 Å². The van der Waals surface area contributed by atoms with E-state index in [-0.39, 0.29) is 18.6 Å². The molecule has 1 aromatic rings. The number of carbonyl (C=O) groups is 1. The summed E-state index contributed by atoms with van der Waals surface area (Å²) < 4.78 is 0. The number of nitrogens with zero attached hydrogens (tertiary/aromatic N) is 2. The summed E-state index contributed by atoms with van der Waals surface area (Å²) in [5.74, 6) is 0.119. The molecule has 1 unspecified atom stereocenters. The second-order valence-electron chi connectivity index (χ2n) is 5.09. The van der Waals surface area contributed by atoms with Gasteiger partial charge in [0.1, 0.15) is 6.04 Å². The van der Waals surface area contributed by atoms with Gasteiger partial charge < -0.3 is 15.3 Å². The Morgan fingerprint density at radius 2 is 2.00 bits per heavy atom. The smallest absolute Gasteiger partial charge is 0.244 e. The van der Waals surface area contributed by atoms with E-state index in [2.05, 4.69) is 5.32 Å². The fourth-order valence-electron chi connectivity index (χ4n) is 2.57. The molecule has 0 radical (unpaired) electrons. The van der Waals surface area contributed by atoms with Crippen molar-refractivity contribution in [2.75, 3.05) is 46.4 Å². The normalized spacial score (nSPS) is 17.2. The highest BCUT2D eigenvalue weighted by molar-refractivity contribution is 5.83. The molecule has 2 N–H and O–H groups in total. The monoisotopic (exact) mass is 277 g/mol. The fraction of sp³-hybridized carbons (Fsp3) is 0.533. The molecule has 1 saturated heterocycles. The molecule has 1 fully saturated rings. The van der Waals surface area contributed by atoms with Gasteiger partial charge in [-0.2, -0.15) is 0 Å². The first-order valence-corrected chi connectivity index (χ1v) is 7.09. The van der Waals surface area contributed by atoms with Crippen LogP contribution in [0.15, 0.2) is 30.3 Å². The predicted octanol–water partition coefficient (Wildman–Crippen LogP) is 0.0836. The van der Waals surface area contributed by atoms with Gasteiger partial charge in [-0.25, -0.2) is 0 Å². The second-order valence-corrected chi connectivity index (χ2v) is 5.09. The second kappa shape index (κ2) is 7.38. The molecular weight excluding hydrogens is 254 g/mol. The van der Waals surface area contributed by atoms with Crippen molar-refractivity contribution in [2.24, 2.45) is 0 Å². The topological polar surface area (TPSA) is 55.8 Å². The van der Waals surface area contributed by atoms with Gasteiger partial charge in [0.05, 0.1) is 6.61 Å². The van der Waals surface area contributed by atoms with Crippen LogP contribution in [-0.4, -0.2) is 67.2 Å². The van der Waals surface area contributed by atoms with E-state index < -0.39 is 0 Å². The number of aliphatic hydroxyl groups is 1. The lowest BCUT2D eigenvalue weighted by Gasteiger charge is -2.34. The number of nitrogens with one attached hydrogen (secondary N) is 1. The van der Waals surface area contributed by atoms with E-state index in [1.54, 1.807) is 0 Å². The van der Waals surface area contributed by atoms with E-state index in [1.165, 1.54) is 0 Å². The van der Waals surface area contributed by atoms with Crippen molar-refractivity contribution in [3.8, 4) is 0 Å². The summed E-state index contributed by atoms with van der Waals surface area (Å²) in [7, 11) is 1.88. The summed E-state index contributed by atoms with van der Waals surface area (Å²) in [4.78, 5) is 16.6. The molecule has 0 spiro atoms. The van der Waals surface area contributed by atoms with Gasteiger partial charge >= 0.3 is 0 Å². The largest absolute Gasteiger partial charge is 0.395 e. The van der Waals surface area contributed by atoms with Gasteiger partial charge in [-0.05, 0) is 12.6 Å². The molecule has 2 rings (SSSR count). The molecule has 1 heterocycles. The van der Waals surface area contributed by atoms with E-state index in [1.807, 2.05) is 47.2 Å². The molecular formula is C15H23N3O2. The summed E-state index contributed by atoms with van der Waals surface area (Å²) in [6.07, 6.45) is 0. The van der Waals surface area contributed by atoms with Crippen molar-refractivity contribution >= 4 is 5.91 Å². The van der Waals surface area contributed by atoms with Crippen LogP contribution in [0.3, 0.4) is 0 Å². The third kappa shape index (κ3) is 3.56. The molecule has 20 heavy (non-hydrogen) atoms. The van der Waals surface area contributed by atoms with Crippen molar-refractivity contribution in [1.29, 1.82) is 0 Å². The summed E-state index contributed by atoms with van der Waals surface area (Å²) >= 11 is 0. The highest BCUT2D eigenvalue weighted by Gasteiger charge is 2.29. The fourth-order valence-corrected chi connectivity index (χ4v) is 2.57. The minimum Gasteiger partial charge on any atom is -0.395 e. The number of likely N-dealkylation sites (N-methyl/N-ethyl adjacent to an activating group) is 1. The maximum absolute atomic E-state index is 12.8. The zero-order chi connectivity index (χ0) is 14.4. The Morgan fingerprint density at radius 1 is 1.35 bits per heavy atom.